The fourth-order valence-corrected chi connectivity index (χ4v) is 2.71. The number of carbonyl (C=O) groups is 1. The molecule has 0 aliphatic carbocycles. The molecule has 27 heavy (non-hydrogen) atoms. The lowest BCUT2D eigenvalue weighted by molar-refractivity contribution is 0.102. The van der Waals surface area contributed by atoms with Crippen molar-refractivity contribution in [2.24, 2.45) is 0 Å². The maximum absolute atomic E-state index is 13.0. The first-order valence-corrected chi connectivity index (χ1v) is 8.11. The van der Waals surface area contributed by atoms with Crippen molar-refractivity contribution in [3.63, 3.8) is 0 Å². The van der Waals surface area contributed by atoms with E-state index in [1.165, 1.54) is 31.4 Å². The number of amides is 1. The number of fused-ring (bicyclic) bond motifs is 1. The molecule has 134 valence electrons. The van der Waals surface area contributed by atoms with Crippen LogP contribution in [0.1, 0.15) is 10.4 Å². The van der Waals surface area contributed by atoms with E-state index in [0.29, 0.717) is 16.9 Å². The topological polar surface area (TPSA) is 77.2 Å². The molecule has 1 heterocycles. The smallest absolute Gasteiger partial charge is 0.322 e. The molecule has 3 aromatic carbocycles. The summed E-state index contributed by atoms with van der Waals surface area (Å²) >= 11 is 0. The number of nitrogens with one attached hydrogen (secondary N) is 1. The largest absolute Gasteiger partial charge is 0.496 e. The molecule has 0 saturated carbocycles. The van der Waals surface area contributed by atoms with Gasteiger partial charge >= 0.3 is 6.01 Å². The Balaban J connectivity index is 1.61. The molecular weight excluding hydrogens is 349 g/mol. The summed E-state index contributed by atoms with van der Waals surface area (Å²) in [6.07, 6.45) is 0. The molecule has 4 aromatic rings. The van der Waals surface area contributed by atoms with Gasteiger partial charge in [0.25, 0.3) is 5.91 Å². The lowest BCUT2D eigenvalue weighted by Gasteiger charge is -2.09. The van der Waals surface area contributed by atoms with E-state index in [2.05, 4.69) is 15.5 Å². The summed E-state index contributed by atoms with van der Waals surface area (Å²) in [6.45, 7) is 0. The Morgan fingerprint density at radius 1 is 1.04 bits per heavy atom. The van der Waals surface area contributed by atoms with Gasteiger partial charge in [-0.05, 0) is 47.2 Å². The van der Waals surface area contributed by atoms with Gasteiger partial charge in [-0.15, -0.1) is 5.10 Å². The van der Waals surface area contributed by atoms with Gasteiger partial charge in [0.05, 0.1) is 12.7 Å². The average Bonchev–Trinajstić information content (AvgIpc) is 3.15. The van der Waals surface area contributed by atoms with Crippen molar-refractivity contribution in [3.8, 4) is 17.2 Å². The van der Waals surface area contributed by atoms with Gasteiger partial charge in [0, 0.05) is 5.56 Å². The molecule has 0 spiro atoms. The van der Waals surface area contributed by atoms with Crippen LogP contribution in [-0.4, -0.2) is 23.2 Å². The number of carbonyl (C=O) groups excluding carboxylic acids is 1. The maximum Gasteiger partial charge on any atom is 0.322 e. The molecule has 6 nitrogen and oxygen atoms in total. The van der Waals surface area contributed by atoms with E-state index < -0.39 is 5.91 Å². The highest BCUT2D eigenvalue weighted by Crippen LogP contribution is 2.27. The SMILES string of the molecule is COc1cc2ccccc2cc1C(=O)Nc1nnc(-c2ccc(F)cc2)o1. The van der Waals surface area contributed by atoms with Crippen molar-refractivity contribution in [1.82, 2.24) is 10.2 Å². The number of hydrogen-bond acceptors (Lipinski definition) is 5. The lowest BCUT2D eigenvalue weighted by Crippen LogP contribution is -2.13. The number of benzene rings is 3. The van der Waals surface area contributed by atoms with Crippen LogP contribution in [0.25, 0.3) is 22.2 Å². The van der Waals surface area contributed by atoms with Gasteiger partial charge in [-0.3, -0.25) is 10.1 Å². The zero-order chi connectivity index (χ0) is 18.8. The highest BCUT2D eigenvalue weighted by Gasteiger charge is 2.17. The molecule has 1 aromatic heterocycles. The van der Waals surface area contributed by atoms with Gasteiger partial charge in [0.2, 0.25) is 5.89 Å². The van der Waals surface area contributed by atoms with E-state index >= 15 is 0 Å². The Bertz CT molecular complexity index is 1120. The third-order valence-corrected chi connectivity index (χ3v) is 4.05. The number of anilines is 1. The number of halogens is 1. The van der Waals surface area contributed by atoms with Crippen molar-refractivity contribution < 1.29 is 18.3 Å². The van der Waals surface area contributed by atoms with Gasteiger partial charge in [-0.25, -0.2) is 4.39 Å². The fourth-order valence-electron chi connectivity index (χ4n) is 2.71. The van der Waals surface area contributed by atoms with E-state index in [1.807, 2.05) is 24.3 Å². The zero-order valence-corrected chi connectivity index (χ0v) is 14.3. The maximum atomic E-state index is 13.0. The molecule has 0 fully saturated rings. The number of nitrogens with zero attached hydrogens (tertiary/aromatic N) is 2. The normalized spacial score (nSPS) is 10.7. The molecule has 0 unspecified atom stereocenters. The highest BCUT2D eigenvalue weighted by atomic mass is 19.1. The minimum Gasteiger partial charge on any atom is -0.496 e. The second-order valence-corrected chi connectivity index (χ2v) is 5.77. The Labute approximate surface area is 153 Å². The van der Waals surface area contributed by atoms with Crippen LogP contribution < -0.4 is 10.1 Å². The minimum absolute atomic E-state index is 0.0606. The van der Waals surface area contributed by atoms with Gasteiger partial charge in [-0.2, -0.15) is 0 Å². The van der Waals surface area contributed by atoms with Crippen LogP contribution in [0.2, 0.25) is 0 Å². The standard InChI is InChI=1S/C20H14FN3O3/c1-26-17-11-14-5-3-2-4-13(14)10-16(17)18(25)22-20-24-23-19(27-20)12-6-8-15(21)9-7-12/h2-11H,1H3,(H,22,24,25). The van der Waals surface area contributed by atoms with Crippen LogP contribution in [0.4, 0.5) is 10.4 Å². The lowest BCUT2D eigenvalue weighted by atomic mass is 10.1. The van der Waals surface area contributed by atoms with E-state index in [9.17, 15) is 9.18 Å². The quantitative estimate of drug-likeness (QED) is 0.585. The van der Waals surface area contributed by atoms with Crippen molar-refractivity contribution in [1.29, 1.82) is 0 Å². The highest BCUT2D eigenvalue weighted by molar-refractivity contribution is 6.07. The van der Waals surface area contributed by atoms with E-state index in [1.54, 1.807) is 12.1 Å². The molecule has 0 radical (unpaired) electrons. The van der Waals surface area contributed by atoms with Gasteiger partial charge in [-0.1, -0.05) is 29.4 Å². The minimum atomic E-state index is -0.438. The predicted molar refractivity (Wildman–Crippen MR) is 98.1 cm³/mol. The van der Waals surface area contributed by atoms with Crippen molar-refractivity contribution in [3.05, 3.63) is 72.0 Å². The zero-order valence-electron chi connectivity index (χ0n) is 14.3. The number of ether oxygens (including phenoxy) is 1. The van der Waals surface area contributed by atoms with Crippen LogP contribution >= 0.6 is 0 Å². The molecule has 0 atom stereocenters. The number of rotatable bonds is 4. The molecule has 0 saturated heterocycles. The molecule has 1 amide bonds. The molecule has 1 N–H and O–H groups in total. The monoisotopic (exact) mass is 363 g/mol. The first-order valence-electron chi connectivity index (χ1n) is 8.11. The molecular formula is C20H14FN3O3. The predicted octanol–water partition coefficient (Wildman–Crippen LogP) is 4.29. The van der Waals surface area contributed by atoms with Crippen LogP contribution in [0.3, 0.4) is 0 Å². The number of aromatic nitrogens is 2. The first kappa shape index (κ1) is 16.7. The van der Waals surface area contributed by atoms with Crippen LogP contribution in [0.15, 0.2) is 65.1 Å². The molecule has 7 heteroatoms. The van der Waals surface area contributed by atoms with E-state index in [0.717, 1.165) is 10.8 Å². The van der Waals surface area contributed by atoms with Gasteiger partial charge in [0.15, 0.2) is 0 Å². The second kappa shape index (κ2) is 6.87. The van der Waals surface area contributed by atoms with Crippen LogP contribution in [0, 0.1) is 5.82 Å². The summed E-state index contributed by atoms with van der Waals surface area (Å²) in [6, 6.07) is 16.7. The first-order chi connectivity index (χ1) is 13.1. The summed E-state index contributed by atoms with van der Waals surface area (Å²) in [5.74, 6) is -0.192. The molecule has 0 aliphatic rings. The van der Waals surface area contributed by atoms with Crippen molar-refractivity contribution >= 4 is 22.7 Å². The number of hydrogen-bond donors (Lipinski definition) is 1. The summed E-state index contributed by atoms with van der Waals surface area (Å²) in [4.78, 5) is 12.7. The third-order valence-electron chi connectivity index (χ3n) is 4.05. The van der Waals surface area contributed by atoms with E-state index in [4.69, 9.17) is 9.15 Å². The summed E-state index contributed by atoms with van der Waals surface area (Å²) < 4.78 is 23.8. The Morgan fingerprint density at radius 2 is 1.74 bits per heavy atom. The average molecular weight is 363 g/mol. The Hall–Kier alpha value is -3.74. The van der Waals surface area contributed by atoms with Crippen LogP contribution in [-0.2, 0) is 0 Å². The van der Waals surface area contributed by atoms with Gasteiger partial charge in [0.1, 0.15) is 11.6 Å². The third kappa shape index (κ3) is 3.35. The Kier molecular flexibility index (Phi) is 4.25. The number of methoxy groups -OCH3 is 1. The summed E-state index contributed by atoms with van der Waals surface area (Å²) in [7, 11) is 1.50. The summed E-state index contributed by atoms with van der Waals surface area (Å²) in [5.41, 5.74) is 0.894. The Morgan fingerprint density at radius 3 is 2.44 bits per heavy atom. The fraction of sp³-hybridized carbons (Fsp3) is 0.0500. The molecule has 4 rings (SSSR count). The van der Waals surface area contributed by atoms with Gasteiger partial charge < -0.3 is 9.15 Å². The van der Waals surface area contributed by atoms with Crippen molar-refractivity contribution in [2.75, 3.05) is 12.4 Å². The second-order valence-electron chi connectivity index (χ2n) is 5.77. The molecule has 0 aliphatic heterocycles. The molecule has 0 bridgehead atoms. The van der Waals surface area contributed by atoms with E-state index in [-0.39, 0.29) is 17.7 Å². The summed E-state index contributed by atoms with van der Waals surface area (Å²) in [5, 5.41) is 12.1. The van der Waals surface area contributed by atoms with Crippen molar-refractivity contribution in [2.45, 2.75) is 0 Å². The van der Waals surface area contributed by atoms with Crippen LogP contribution in [0.5, 0.6) is 5.75 Å².